The zero-order valence-corrected chi connectivity index (χ0v) is 13.0. The number of carbonyl (C=O) groups excluding carboxylic acids is 1. The molecule has 0 saturated heterocycles. The lowest BCUT2D eigenvalue weighted by Crippen LogP contribution is -2.25. The van der Waals surface area contributed by atoms with Crippen LogP contribution in [0, 0.1) is 11.8 Å². The fourth-order valence-corrected chi connectivity index (χ4v) is 2.31. The molecule has 0 aliphatic rings. The van der Waals surface area contributed by atoms with Crippen LogP contribution in [0.5, 0.6) is 0 Å². The van der Waals surface area contributed by atoms with Gasteiger partial charge in [0, 0.05) is 13.6 Å². The normalized spacial score (nSPS) is 10.9. The van der Waals surface area contributed by atoms with Crippen LogP contribution in [0.4, 0.5) is 0 Å². The first-order valence-electron chi connectivity index (χ1n) is 6.47. The van der Waals surface area contributed by atoms with Crippen molar-refractivity contribution in [1.82, 2.24) is 4.90 Å². The summed E-state index contributed by atoms with van der Waals surface area (Å²) in [5, 5.41) is 13.5. The molecule has 2 heterocycles. The Morgan fingerprint density at radius 3 is 2.81 bits per heavy atom. The fourth-order valence-electron chi connectivity index (χ4n) is 1.65. The highest BCUT2D eigenvalue weighted by Crippen LogP contribution is 2.13. The molecule has 2 aromatic rings. The Labute approximate surface area is 128 Å². The topological polar surface area (TPSA) is 53.7 Å². The molecule has 0 saturated carbocycles. The Balaban J connectivity index is 2.06. The summed E-state index contributed by atoms with van der Waals surface area (Å²) in [5.74, 6) is 5.76. The number of thiophene rings is 1. The van der Waals surface area contributed by atoms with Gasteiger partial charge in [-0.2, -0.15) is 11.3 Å². The van der Waals surface area contributed by atoms with Crippen molar-refractivity contribution in [3.63, 3.8) is 0 Å². The lowest BCUT2D eigenvalue weighted by atomic mass is 10.1. The van der Waals surface area contributed by atoms with E-state index < -0.39 is 5.60 Å². The number of furan rings is 1. The monoisotopic (exact) mass is 303 g/mol. The summed E-state index contributed by atoms with van der Waals surface area (Å²) >= 11 is 1.60. The molecule has 0 spiro atoms. The van der Waals surface area contributed by atoms with E-state index in [9.17, 15) is 9.90 Å². The molecule has 2 aromatic heterocycles. The molecule has 0 fully saturated rings. The second kappa shape index (κ2) is 6.17. The van der Waals surface area contributed by atoms with Gasteiger partial charge in [-0.3, -0.25) is 4.79 Å². The van der Waals surface area contributed by atoms with Crippen molar-refractivity contribution in [2.45, 2.75) is 26.0 Å². The Morgan fingerprint density at radius 1 is 1.43 bits per heavy atom. The minimum atomic E-state index is -1.09. The molecule has 0 aromatic carbocycles. The zero-order valence-electron chi connectivity index (χ0n) is 12.2. The average Bonchev–Trinajstić information content (AvgIpc) is 3.05. The molecule has 0 atom stereocenters. The summed E-state index contributed by atoms with van der Waals surface area (Å²) < 4.78 is 5.41. The minimum Gasteiger partial charge on any atom is -0.443 e. The summed E-state index contributed by atoms with van der Waals surface area (Å²) in [7, 11) is 1.73. The van der Waals surface area contributed by atoms with Gasteiger partial charge >= 0.3 is 0 Å². The van der Waals surface area contributed by atoms with Gasteiger partial charge in [-0.05, 0) is 54.3 Å². The van der Waals surface area contributed by atoms with Gasteiger partial charge in [0.2, 0.25) is 0 Å². The maximum Gasteiger partial charge on any atom is 0.289 e. The highest BCUT2D eigenvalue weighted by Gasteiger charge is 2.16. The largest absolute Gasteiger partial charge is 0.443 e. The van der Waals surface area contributed by atoms with E-state index in [0.717, 1.165) is 5.56 Å². The second-order valence-electron chi connectivity index (χ2n) is 5.27. The number of hydrogen-bond donors (Lipinski definition) is 1. The molecule has 4 nitrogen and oxygen atoms in total. The molecule has 0 aliphatic heterocycles. The van der Waals surface area contributed by atoms with Crippen molar-refractivity contribution in [1.29, 1.82) is 0 Å². The van der Waals surface area contributed by atoms with E-state index in [0.29, 0.717) is 12.3 Å². The van der Waals surface area contributed by atoms with Crippen LogP contribution in [-0.4, -0.2) is 28.6 Å². The summed E-state index contributed by atoms with van der Waals surface area (Å²) in [4.78, 5) is 13.8. The van der Waals surface area contributed by atoms with Crippen LogP contribution in [0.1, 0.15) is 35.7 Å². The van der Waals surface area contributed by atoms with Crippen LogP contribution >= 0.6 is 11.3 Å². The first-order chi connectivity index (χ1) is 9.85. The van der Waals surface area contributed by atoms with E-state index in [-0.39, 0.29) is 11.7 Å². The Hall–Kier alpha value is -2.03. The van der Waals surface area contributed by atoms with E-state index in [2.05, 4.69) is 11.8 Å². The second-order valence-corrected chi connectivity index (χ2v) is 6.05. The number of rotatable bonds is 3. The predicted molar refractivity (Wildman–Crippen MR) is 82.0 cm³/mol. The number of aliphatic hydroxyl groups is 1. The van der Waals surface area contributed by atoms with Crippen molar-refractivity contribution >= 4 is 17.2 Å². The van der Waals surface area contributed by atoms with Gasteiger partial charge in [-0.1, -0.05) is 5.92 Å². The predicted octanol–water partition coefficient (Wildman–Crippen LogP) is 2.74. The third-order valence-electron chi connectivity index (χ3n) is 2.65. The number of hydrogen-bond acceptors (Lipinski definition) is 4. The van der Waals surface area contributed by atoms with Gasteiger partial charge in [-0.25, -0.2) is 0 Å². The van der Waals surface area contributed by atoms with Gasteiger partial charge in [0.1, 0.15) is 5.60 Å². The van der Waals surface area contributed by atoms with Gasteiger partial charge < -0.3 is 14.4 Å². The van der Waals surface area contributed by atoms with Crippen LogP contribution < -0.4 is 0 Å². The SMILES string of the molecule is CN(Cc1ccsc1)C(=O)c1ccc(C#CC(C)(C)O)o1. The van der Waals surface area contributed by atoms with Crippen molar-refractivity contribution in [3.05, 3.63) is 46.0 Å². The van der Waals surface area contributed by atoms with E-state index in [4.69, 9.17) is 4.42 Å². The van der Waals surface area contributed by atoms with E-state index >= 15 is 0 Å². The Morgan fingerprint density at radius 2 is 2.19 bits per heavy atom. The average molecular weight is 303 g/mol. The Kier molecular flexibility index (Phi) is 4.51. The zero-order chi connectivity index (χ0) is 15.5. The molecular formula is C16H17NO3S. The standard InChI is InChI=1S/C16H17NO3S/c1-16(2,19)8-6-13-4-5-14(20-13)15(18)17(3)10-12-7-9-21-11-12/h4-5,7,9,11,19H,10H2,1-3H3. The molecular weight excluding hydrogens is 286 g/mol. The molecule has 5 heteroatoms. The van der Waals surface area contributed by atoms with E-state index in [1.807, 2.05) is 16.8 Å². The van der Waals surface area contributed by atoms with Crippen molar-refractivity contribution < 1.29 is 14.3 Å². The quantitative estimate of drug-likeness (QED) is 0.887. The van der Waals surface area contributed by atoms with Crippen molar-refractivity contribution in [2.75, 3.05) is 7.05 Å². The van der Waals surface area contributed by atoms with E-state index in [1.165, 1.54) is 0 Å². The highest BCUT2D eigenvalue weighted by molar-refractivity contribution is 7.07. The molecule has 110 valence electrons. The third-order valence-corrected chi connectivity index (χ3v) is 3.39. The third kappa shape index (κ3) is 4.48. The molecule has 0 unspecified atom stereocenters. The van der Waals surface area contributed by atoms with Gasteiger partial charge in [0.25, 0.3) is 5.91 Å². The van der Waals surface area contributed by atoms with E-state index in [1.54, 1.807) is 49.3 Å². The lowest BCUT2D eigenvalue weighted by Gasteiger charge is -2.14. The molecule has 0 aliphatic carbocycles. The van der Waals surface area contributed by atoms with Gasteiger partial charge in [0.15, 0.2) is 11.5 Å². The minimum absolute atomic E-state index is 0.197. The summed E-state index contributed by atoms with van der Waals surface area (Å²) in [6.07, 6.45) is 0. The van der Waals surface area contributed by atoms with Crippen LogP contribution in [0.3, 0.4) is 0 Å². The molecule has 21 heavy (non-hydrogen) atoms. The van der Waals surface area contributed by atoms with Crippen LogP contribution in [0.15, 0.2) is 33.4 Å². The van der Waals surface area contributed by atoms with Crippen molar-refractivity contribution in [2.24, 2.45) is 0 Å². The van der Waals surface area contributed by atoms with Crippen LogP contribution in [0.2, 0.25) is 0 Å². The first kappa shape index (κ1) is 15.4. The number of nitrogens with zero attached hydrogens (tertiary/aromatic N) is 1. The molecule has 2 rings (SSSR count). The smallest absolute Gasteiger partial charge is 0.289 e. The van der Waals surface area contributed by atoms with Crippen LogP contribution in [0.25, 0.3) is 0 Å². The first-order valence-corrected chi connectivity index (χ1v) is 7.41. The summed E-state index contributed by atoms with van der Waals surface area (Å²) in [5.41, 5.74) is -0.00312. The molecule has 1 amide bonds. The highest BCUT2D eigenvalue weighted by atomic mass is 32.1. The number of amides is 1. The van der Waals surface area contributed by atoms with Gasteiger partial charge in [0.05, 0.1) is 0 Å². The molecule has 0 bridgehead atoms. The van der Waals surface area contributed by atoms with Crippen LogP contribution in [-0.2, 0) is 6.54 Å². The van der Waals surface area contributed by atoms with Gasteiger partial charge in [-0.15, -0.1) is 0 Å². The Bertz CT molecular complexity index is 668. The summed E-state index contributed by atoms with van der Waals surface area (Å²) in [6, 6.07) is 5.21. The lowest BCUT2D eigenvalue weighted by molar-refractivity contribution is 0.0753. The summed E-state index contributed by atoms with van der Waals surface area (Å²) in [6.45, 7) is 3.71. The van der Waals surface area contributed by atoms with Crippen molar-refractivity contribution in [3.8, 4) is 11.8 Å². The fraction of sp³-hybridized carbons (Fsp3) is 0.312. The maximum atomic E-state index is 12.2. The molecule has 0 radical (unpaired) electrons. The maximum absolute atomic E-state index is 12.2. The molecule has 1 N–H and O–H groups in total. The number of carbonyl (C=O) groups is 1.